The molecular weight excluding hydrogens is 249 g/mol. The molecular formula is C16H26BNO2. The second-order valence-corrected chi connectivity index (χ2v) is 7.22. The van der Waals surface area contributed by atoms with Gasteiger partial charge in [-0.25, -0.2) is 0 Å². The van der Waals surface area contributed by atoms with Crippen LogP contribution in [0.15, 0.2) is 12.3 Å². The number of rotatable bonds is 3. The quantitative estimate of drug-likeness (QED) is 0.795. The van der Waals surface area contributed by atoms with E-state index in [9.17, 15) is 0 Å². The summed E-state index contributed by atoms with van der Waals surface area (Å²) in [5.41, 5.74) is 2.81. The largest absolute Gasteiger partial charge is 0.514 e. The monoisotopic (exact) mass is 275 g/mol. The fourth-order valence-electron chi connectivity index (χ4n) is 2.34. The Balaban J connectivity index is 2.27. The summed E-state index contributed by atoms with van der Waals surface area (Å²) < 4.78 is 12.1. The van der Waals surface area contributed by atoms with E-state index in [-0.39, 0.29) is 18.3 Å². The van der Waals surface area contributed by atoms with Crippen LogP contribution in [0.25, 0.3) is 0 Å². The first-order valence-electron chi connectivity index (χ1n) is 7.43. The average molecular weight is 275 g/mol. The summed E-state index contributed by atoms with van der Waals surface area (Å²) >= 11 is 0. The Morgan fingerprint density at radius 1 is 1.15 bits per heavy atom. The number of aromatic nitrogens is 1. The third-order valence-electron chi connectivity index (χ3n) is 4.36. The lowest BCUT2D eigenvalue weighted by Gasteiger charge is -2.32. The van der Waals surface area contributed by atoms with E-state index in [0.717, 1.165) is 12.0 Å². The Hall–Kier alpha value is -0.865. The molecule has 0 aromatic carbocycles. The van der Waals surface area contributed by atoms with E-state index in [1.807, 2.05) is 6.20 Å². The Labute approximate surface area is 123 Å². The third-order valence-corrected chi connectivity index (χ3v) is 4.36. The first kappa shape index (κ1) is 15.5. The molecule has 110 valence electrons. The van der Waals surface area contributed by atoms with Crippen molar-refractivity contribution >= 4 is 12.7 Å². The van der Waals surface area contributed by atoms with Gasteiger partial charge in [-0.1, -0.05) is 13.8 Å². The minimum Gasteiger partial charge on any atom is -0.398 e. The Morgan fingerprint density at radius 3 is 2.20 bits per heavy atom. The molecule has 4 heteroatoms. The van der Waals surface area contributed by atoms with Gasteiger partial charge >= 0.3 is 7.12 Å². The van der Waals surface area contributed by atoms with Crippen molar-refractivity contribution in [2.24, 2.45) is 5.92 Å². The second kappa shape index (κ2) is 5.16. The predicted octanol–water partition coefficient (Wildman–Crippen LogP) is 2.89. The average Bonchev–Trinajstić information content (AvgIpc) is 2.50. The van der Waals surface area contributed by atoms with Gasteiger partial charge in [0, 0.05) is 6.20 Å². The molecule has 0 aliphatic carbocycles. The highest BCUT2D eigenvalue weighted by atomic mass is 16.7. The van der Waals surface area contributed by atoms with E-state index in [1.165, 1.54) is 11.1 Å². The molecule has 1 saturated heterocycles. The second-order valence-electron chi connectivity index (χ2n) is 7.22. The van der Waals surface area contributed by atoms with E-state index in [1.54, 1.807) is 0 Å². The van der Waals surface area contributed by atoms with Gasteiger partial charge in [-0.15, -0.1) is 0 Å². The maximum absolute atomic E-state index is 6.07. The summed E-state index contributed by atoms with van der Waals surface area (Å²) in [5, 5.41) is 0. The zero-order valence-electron chi connectivity index (χ0n) is 13.8. The topological polar surface area (TPSA) is 31.4 Å². The van der Waals surface area contributed by atoms with Crippen molar-refractivity contribution in [1.29, 1.82) is 0 Å². The normalized spacial score (nSPS) is 20.7. The molecule has 0 saturated carbocycles. The molecule has 1 fully saturated rings. The highest BCUT2D eigenvalue weighted by Crippen LogP contribution is 2.36. The first-order chi connectivity index (χ1) is 9.12. The van der Waals surface area contributed by atoms with Crippen LogP contribution in [-0.2, 0) is 15.7 Å². The van der Waals surface area contributed by atoms with Gasteiger partial charge in [-0.05, 0) is 64.2 Å². The molecule has 0 atom stereocenters. The van der Waals surface area contributed by atoms with E-state index in [0.29, 0.717) is 5.92 Å². The van der Waals surface area contributed by atoms with Gasteiger partial charge < -0.3 is 9.31 Å². The van der Waals surface area contributed by atoms with Crippen molar-refractivity contribution in [1.82, 2.24) is 4.98 Å². The SMILES string of the molecule is Cc1cnc(B2OC(C)(C)C(C)(C)O2)cc1CC(C)C. The summed E-state index contributed by atoms with van der Waals surface area (Å²) in [6.45, 7) is 14.8. The molecule has 1 aromatic heterocycles. The standard InChI is InChI=1S/C16H26BNO2/c1-11(2)8-13-9-14(18-10-12(13)3)17-19-15(4,5)16(6,7)20-17/h9-11H,8H2,1-7H3. The molecule has 1 aliphatic heterocycles. The summed E-state index contributed by atoms with van der Waals surface area (Å²) in [7, 11) is -0.369. The predicted molar refractivity (Wildman–Crippen MR) is 83.2 cm³/mol. The smallest absolute Gasteiger partial charge is 0.398 e. The highest BCUT2D eigenvalue weighted by Gasteiger charge is 2.52. The van der Waals surface area contributed by atoms with E-state index < -0.39 is 0 Å². The molecule has 20 heavy (non-hydrogen) atoms. The lowest BCUT2D eigenvalue weighted by Crippen LogP contribution is -2.41. The molecule has 2 rings (SSSR count). The molecule has 0 N–H and O–H groups in total. The lowest BCUT2D eigenvalue weighted by atomic mass is 9.82. The third kappa shape index (κ3) is 2.91. The van der Waals surface area contributed by atoms with Crippen LogP contribution in [0.5, 0.6) is 0 Å². The zero-order valence-corrected chi connectivity index (χ0v) is 13.8. The van der Waals surface area contributed by atoms with Crippen LogP contribution in [-0.4, -0.2) is 23.3 Å². The van der Waals surface area contributed by atoms with Crippen LogP contribution < -0.4 is 5.59 Å². The highest BCUT2D eigenvalue weighted by molar-refractivity contribution is 6.61. The van der Waals surface area contributed by atoms with Crippen molar-refractivity contribution in [3.05, 3.63) is 23.4 Å². The van der Waals surface area contributed by atoms with Gasteiger partial charge in [-0.3, -0.25) is 4.98 Å². The number of nitrogens with zero attached hydrogens (tertiary/aromatic N) is 1. The van der Waals surface area contributed by atoms with Crippen molar-refractivity contribution in [3.63, 3.8) is 0 Å². The summed E-state index contributed by atoms with van der Waals surface area (Å²) in [6, 6.07) is 2.14. The minimum absolute atomic E-state index is 0.317. The van der Waals surface area contributed by atoms with E-state index in [4.69, 9.17) is 9.31 Å². The minimum atomic E-state index is -0.369. The Kier molecular flexibility index (Phi) is 4.00. The van der Waals surface area contributed by atoms with Gasteiger partial charge in [-0.2, -0.15) is 0 Å². The van der Waals surface area contributed by atoms with Crippen LogP contribution in [0.1, 0.15) is 52.7 Å². The van der Waals surface area contributed by atoms with Crippen LogP contribution >= 0.6 is 0 Å². The first-order valence-corrected chi connectivity index (χ1v) is 7.43. The maximum atomic E-state index is 6.07. The number of hydrogen-bond donors (Lipinski definition) is 0. The van der Waals surface area contributed by atoms with E-state index >= 15 is 0 Å². The summed E-state index contributed by atoms with van der Waals surface area (Å²) in [4.78, 5) is 4.51. The Bertz CT molecular complexity index is 481. The van der Waals surface area contributed by atoms with Crippen molar-refractivity contribution in [2.45, 2.75) is 66.1 Å². The molecule has 0 unspecified atom stereocenters. The summed E-state index contributed by atoms with van der Waals surface area (Å²) in [5.74, 6) is 0.627. The Morgan fingerprint density at radius 2 is 1.70 bits per heavy atom. The maximum Gasteiger partial charge on any atom is 0.514 e. The number of hydrogen-bond acceptors (Lipinski definition) is 3. The molecule has 0 spiro atoms. The molecule has 0 radical (unpaired) electrons. The van der Waals surface area contributed by atoms with Gasteiger partial charge in [0.2, 0.25) is 0 Å². The molecule has 0 amide bonds. The molecule has 1 aromatic rings. The number of aryl methyl sites for hydroxylation is 1. The van der Waals surface area contributed by atoms with Gasteiger partial charge in [0.15, 0.2) is 0 Å². The van der Waals surface area contributed by atoms with Crippen molar-refractivity contribution in [2.75, 3.05) is 0 Å². The summed E-state index contributed by atoms with van der Waals surface area (Å²) in [6.07, 6.45) is 2.99. The molecule has 3 nitrogen and oxygen atoms in total. The van der Waals surface area contributed by atoms with Crippen molar-refractivity contribution < 1.29 is 9.31 Å². The zero-order chi connectivity index (χ0) is 15.1. The van der Waals surface area contributed by atoms with Gasteiger partial charge in [0.1, 0.15) is 0 Å². The van der Waals surface area contributed by atoms with Gasteiger partial charge in [0.05, 0.1) is 16.8 Å². The van der Waals surface area contributed by atoms with Crippen molar-refractivity contribution in [3.8, 4) is 0 Å². The van der Waals surface area contributed by atoms with E-state index in [2.05, 4.69) is 59.5 Å². The van der Waals surface area contributed by atoms with Crippen LogP contribution in [0.3, 0.4) is 0 Å². The van der Waals surface area contributed by atoms with Crippen LogP contribution in [0, 0.1) is 12.8 Å². The van der Waals surface area contributed by atoms with Crippen LogP contribution in [0.4, 0.5) is 0 Å². The fourth-order valence-corrected chi connectivity index (χ4v) is 2.34. The fraction of sp³-hybridized carbons (Fsp3) is 0.688. The molecule has 1 aliphatic rings. The lowest BCUT2D eigenvalue weighted by molar-refractivity contribution is 0.00578. The molecule has 0 bridgehead atoms. The number of pyridine rings is 1. The van der Waals surface area contributed by atoms with Crippen LogP contribution in [0.2, 0.25) is 0 Å². The molecule has 2 heterocycles. The van der Waals surface area contributed by atoms with Gasteiger partial charge in [0.25, 0.3) is 0 Å².